The van der Waals surface area contributed by atoms with Crippen molar-refractivity contribution in [3.63, 3.8) is 0 Å². The minimum Gasteiger partial charge on any atom is -0.360 e. The molecule has 1 amide bonds. The van der Waals surface area contributed by atoms with Gasteiger partial charge in [0.25, 0.3) is 0 Å². The number of rotatable bonds is 7. The second-order valence-electron chi connectivity index (χ2n) is 10.0. The standard InChI is InChI=1S/C26H32FN5OS/c1-26(2,27)19-6-3-17-9-10-29-25(22(17)11-19)30-13-24(33)31-20-14-32(15-20)21-7-4-18(5-8-21)23-12-28-16-34-23/h3,6,9-12,16,18,20-21H,4-5,7-8,13-15H2,1-2H3,(H,29,30)(H,31,33). The Morgan fingerprint density at radius 1 is 1.21 bits per heavy atom. The van der Waals surface area contributed by atoms with Crippen molar-refractivity contribution in [2.24, 2.45) is 0 Å². The molecule has 1 aliphatic heterocycles. The fourth-order valence-electron chi connectivity index (χ4n) is 5.18. The minimum absolute atomic E-state index is 0.0423. The summed E-state index contributed by atoms with van der Waals surface area (Å²) in [5.41, 5.74) is 1.09. The van der Waals surface area contributed by atoms with Crippen molar-refractivity contribution in [1.29, 1.82) is 0 Å². The first-order valence-corrected chi connectivity index (χ1v) is 13.0. The van der Waals surface area contributed by atoms with Gasteiger partial charge in [0.1, 0.15) is 11.5 Å². The van der Waals surface area contributed by atoms with Gasteiger partial charge in [-0.3, -0.25) is 14.7 Å². The lowest BCUT2D eigenvalue weighted by molar-refractivity contribution is -0.121. The molecule has 0 spiro atoms. The van der Waals surface area contributed by atoms with Gasteiger partial charge in [0, 0.05) is 41.8 Å². The van der Waals surface area contributed by atoms with Crippen molar-refractivity contribution in [3.8, 4) is 0 Å². The van der Waals surface area contributed by atoms with Crippen molar-refractivity contribution in [1.82, 2.24) is 20.2 Å². The third kappa shape index (κ3) is 5.08. The number of anilines is 1. The summed E-state index contributed by atoms with van der Waals surface area (Å²) in [4.78, 5) is 25.1. The molecule has 1 aromatic carbocycles. The van der Waals surface area contributed by atoms with Crippen LogP contribution >= 0.6 is 11.3 Å². The number of nitrogens with zero attached hydrogens (tertiary/aromatic N) is 3. The summed E-state index contributed by atoms with van der Waals surface area (Å²) in [6.07, 6.45) is 8.61. The highest BCUT2D eigenvalue weighted by Gasteiger charge is 2.35. The van der Waals surface area contributed by atoms with Gasteiger partial charge in [-0.05, 0) is 68.5 Å². The van der Waals surface area contributed by atoms with Gasteiger partial charge in [-0.1, -0.05) is 12.1 Å². The number of hydrogen-bond donors (Lipinski definition) is 2. The summed E-state index contributed by atoms with van der Waals surface area (Å²) < 4.78 is 14.4. The van der Waals surface area contributed by atoms with Crippen LogP contribution in [-0.2, 0) is 10.5 Å². The molecule has 5 rings (SSSR count). The number of carbonyl (C=O) groups is 1. The van der Waals surface area contributed by atoms with Gasteiger partial charge in [-0.25, -0.2) is 9.37 Å². The fourth-order valence-corrected chi connectivity index (χ4v) is 5.97. The minimum atomic E-state index is -1.44. The molecule has 1 saturated heterocycles. The molecule has 34 heavy (non-hydrogen) atoms. The Hall–Kier alpha value is -2.58. The van der Waals surface area contributed by atoms with Crippen LogP contribution in [0.5, 0.6) is 0 Å². The summed E-state index contributed by atoms with van der Waals surface area (Å²) in [5.74, 6) is 1.23. The highest BCUT2D eigenvalue weighted by atomic mass is 32.1. The molecule has 2 fully saturated rings. The van der Waals surface area contributed by atoms with Crippen LogP contribution in [0.25, 0.3) is 10.8 Å². The van der Waals surface area contributed by atoms with E-state index in [-0.39, 0.29) is 18.5 Å². The van der Waals surface area contributed by atoms with Crippen molar-refractivity contribution < 1.29 is 9.18 Å². The van der Waals surface area contributed by atoms with Crippen molar-refractivity contribution in [2.45, 2.75) is 63.2 Å². The molecule has 6 nitrogen and oxygen atoms in total. The van der Waals surface area contributed by atoms with Gasteiger partial charge in [0.15, 0.2) is 0 Å². The maximum atomic E-state index is 14.4. The van der Waals surface area contributed by atoms with Gasteiger partial charge < -0.3 is 10.6 Å². The average molecular weight is 482 g/mol. The van der Waals surface area contributed by atoms with E-state index in [0.29, 0.717) is 23.3 Å². The zero-order valence-corrected chi connectivity index (χ0v) is 20.6. The molecule has 2 aromatic heterocycles. The van der Waals surface area contributed by atoms with Crippen molar-refractivity contribution in [2.75, 3.05) is 25.0 Å². The number of benzene rings is 1. The number of halogens is 1. The molecule has 0 unspecified atom stereocenters. The maximum Gasteiger partial charge on any atom is 0.239 e. The number of alkyl halides is 1. The summed E-state index contributed by atoms with van der Waals surface area (Å²) >= 11 is 1.77. The SMILES string of the molecule is CC(C)(F)c1ccc2ccnc(NCC(=O)NC3CN(C4CCC(c5cncs5)CC4)C3)c2c1. The number of nitrogens with one attached hydrogen (secondary N) is 2. The number of aromatic nitrogens is 2. The van der Waals surface area contributed by atoms with Gasteiger partial charge in [0.05, 0.1) is 18.1 Å². The first-order valence-electron chi connectivity index (χ1n) is 12.1. The van der Waals surface area contributed by atoms with Crippen molar-refractivity contribution >= 4 is 33.8 Å². The number of hydrogen-bond acceptors (Lipinski definition) is 6. The van der Waals surface area contributed by atoms with Crippen LogP contribution in [0, 0.1) is 0 Å². The number of pyridine rings is 1. The number of carbonyl (C=O) groups excluding carboxylic acids is 1. The maximum absolute atomic E-state index is 14.4. The molecule has 180 valence electrons. The smallest absolute Gasteiger partial charge is 0.239 e. The lowest BCUT2D eigenvalue weighted by Crippen LogP contribution is -2.62. The summed E-state index contributed by atoms with van der Waals surface area (Å²) in [6.45, 7) is 5.07. The zero-order valence-electron chi connectivity index (χ0n) is 19.8. The van der Waals surface area contributed by atoms with Gasteiger partial charge in [-0.15, -0.1) is 11.3 Å². The molecular weight excluding hydrogens is 449 g/mol. The number of thiazole rings is 1. The fraction of sp³-hybridized carbons (Fsp3) is 0.500. The van der Waals surface area contributed by atoms with E-state index in [1.54, 1.807) is 37.4 Å². The highest BCUT2D eigenvalue weighted by Crippen LogP contribution is 2.37. The van der Waals surface area contributed by atoms with E-state index < -0.39 is 5.67 Å². The zero-order chi connectivity index (χ0) is 23.7. The van der Waals surface area contributed by atoms with E-state index >= 15 is 0 Å². The third-order valence-electron chi connectivity index (χ3n) is 7.21. The molecule has 0 atom stereocenters. The lowest BCUT2D eigenvalue weighted by Gasteiger charge is -2.46. The quantitative estimate of drug-likeness (QED) is 0.506. The third-order valence-corrected chi connectivity index (χ3v) is 8.15. The second kappa shape index (κ2) is 9.58. The molecule has 1 saturated carbocycles. The van der Waals surface area contributed by atoms with Crippen LogP contribution in [0.3, 0.4) is 0 Å². The van der Waals surface area contributed by atoms with Crippen LogP contribution in [0.2, 0.25) is 0 Å². The Bertz CT molecular complexity index is 1130. The summed E-state index contributed by atoms with van der Waals surface area (Å²) in [7, 11) is 0. The summed E-state index contributed by atoms with van der Waals surface area (Å²) in [5, 5.41) is 8.07. The number of likely N-dealkylation sites (tertiary alicyclic amines) is 1. The molecule has 2 aliphatic rings. The summed E-state index contributed by atoms with van der Waals surface area (Å²) in [6, 6.07) is 8.23. The Balaban J connectivity index is 1.09. The molecule has 1 aliphatic carbocycles. The Kier molecular flexibility index (Phi) is 6.53. The molecular formula is C26H32FN5OS. The van der Waals surface area contributed by atoms with E-state index in [1.165, 1.54) is 30.6 Å². The Labute approximate surface area is 204 Å². The first kappa shape index (κ1) is 23.2. The van der Waals surface area contributed by atoms with E-state index in [4.69, 9.17) is 0 Å². The predicted molar refractivity (Wildman–Crippen MR) is 135 cm³/mol. The number of amides is 1. The average Bonchev–Trinajstić information content (AvgIpc) is 3.34. The molecule has 2 N–H and O–H groups in total. The molecule has 0 radical (unpaired) electrons. The molecule has 8 heteroatoms. The van der Waals surface area contributed by atoms with Crippen LogP contribution in [0.1, 0.15) is 55.9 Å². The largest absolute Gasteiger partial charge is 0.360 e. The van der Waals surface area contributed by atoms with Gasteiger partial charge in [-0.2, -0.15) is 0 Å². The molecule has 0 bridgehead atoms. The van der Waals surface area contributed by atoms with Crippen LogP contribution in [0.15, 0.2) is 42.2 Å². The number of fused-ring (bicyclic) bond motifs is 1. The van der Waals surface area contributed by atoms with Crippen LogP contribution < -0.4 is 10.6 Å². The van der Waals surface area contributed by atoms with E-state index in [0.717, 1.165) is 23.9 Å². The Morgan fingerprint density at radius 3 is 2.71 bits per heavy atom. The normalized spacial score (nSPS) is 21.9. The molecule has 3 heterocycles. The van der Waals surface area contributed by atoms with Gasteiger partial charge >= 0.3 is 0 Å². The lowest BCUT2D eigenvalue weighted by atomic mass is 9.83. The van der Waals surface area contributed by atoms with E-state index in [1.807, 2.05) is 29.9 Å². The van der Waals surface area contributed by atoms with E-state index in [9.17, 15) is 9.18 Å². The van der Waals surface area contributed by atoms with Crippen molar-refractivity contribution in [3.05, 3.63) is 52.6 Å². The predicted octanol–water partition coefficient (Wildman–Crippen LogP) is 4.83. The second-order valence-corrected chi connectivity index (χ2v) is 11.0. The monoisotopic (exact) mass is 481 g/mol. The molecule has 3 aromatic rings. The first-order chi connectivity index (χ1) is 16.4. The topological polar surface area (TPSA) is 70.2 Å². The van der Waals surface area contributed by atoms with Crippen LogP contribution in [-0.4, -0.2) is 52.5 Å². The van der Waals surface area contributed by atoms with E-state index in [2.05, 4.69) is 25.5 Å². The Morgan fingerprint density at radius 2 is 2.00 bits per heavy atom. The van der Waals surface area contributed by atoms with Crippen LogP contribution in [0.4, 0.5) is 10.2 Å². The highest BCUT2D eigenvalue weighted by molar-refractivity contribution is 7.09. The van der Waals surface area contributed by atoms with Gasteiger partial charge in [0.2, 0.25) is 5.91 Å².